The summed E-state index contributed by atoms with van der Waals surface area (Å²) in [6.07, 6.45) is 3.32. The fourth-order valence-electron chi connectivity index (χ4n) is 4.83. The number of aliphatic carboxylic acids is 1. The molecule has 1 heterocycles. The Morgan fingerprint density at radius 2 is 1.75 bits per heavy atom. The van der Waals surface area contributed by atoms with E-state index in [0.29, 0.717) is 25.0 Å². The van der Waals surface area contributed by atoms with Gasteiger partial charge in [-0.3, -0.25) is 9.59 Å². The van der Waals surface area contributed by atoms with Crippen LogP contribution < -0.4 is 40.0 Å². The average Bonchev–Trinajstić information content (AvgIpc) is 3.04. The SMILES string of the molecule is CNC(=O)C[C@@H]1C(=O)N(Cc2ccc(-c3ccccc3)cc2)C2=CCCC[C@]21C(=O)[O-].[Na+]. The zero-order valence-corrected chi connectivity index (χ0v) is 20.5. The van der Waals surface area contributed by atoms with Crippen LogP contribution in [0.2, 0.25) is 0 Å². The number of carboxylic acids is 1. The number of likely N-dealkylation sites (tertiary alicyclic amines) is 1. The van der Waals surface area contributed by atoms with Crippen LogP contribution in [0.3, 0.4) is 0 Å². The number of carbonyl (C=O) groups is 3. The van der Waals surface area contributed by atoms with E-state index in [4.69, 9.17) is 0 Å². The summed E-state index contributed by atoms with van der Waals surface area (Å²) in [5.41, 5.74) is 2.10. The van der Waals surface area contributed by atoms with Crippen LogP contribution in [0.5, 0.6) is 0 Å². The van der Waals surface area contributed by atoms with Gasteiger partial charge in [-0.25, -0.2) is 0 Å². The van der Waals surface area contributed by atoms with Crippen molar-refractivity contribution in [3.05, 3.63) is 71.9 Å². The van der Waals surface area contributed by atoms with Gasteiger partial charge in [-0.2, -0.15) is 0 Å². The van der Waals surface area contributed by atoms with E-state index in [1.165, 1.54) is 7.05 Å². The molecule has 1 saturated heterocycles. The number of amides is 2. The van der Waals surface area contributed by atoms with Crippen LogP contribution in [0.1, 0.15) is 31.2 Å². The van der Waals surface area contributed by atoms with Crippen molar-refractivity contribution in [2.24, 2.45) is 11.3 Å². The summed E-state index contributed by atoms with van der Waals surface area (Å²) in [6, 6.07) is 17.9. The van der Waals surface area contributed by atoms with E-state index in [1.54, 1.807) is 4.90 Å². The van der Waals surface area contributed by atoms with E-state index in [9.17, 15) is 19.5 Å². The minimum Gasteiger partial charge on any atom is -0.549 e. The van der Waals surface area contributed by atoms with Gasteiger partial charge in [0.15, 0.2) is 0 Å². The number of allylic oxidation sites excluding steroid dienone is 1. The number of carbonyl (C=O) groups excluding carboxylic acids is 3. The summed E-state index contributed by atoms with van der Waals surface area (Å²) in [6.45, 7) is 0.263. The van der Waals surface area contributed by atoms with Crippen LogP contribution in [0.15, 0.2) is 66.4 Å². The maximum absolute atomic E-state index is 13.3. The molecule has 2 aliphatic rings. The third kappa shape index (κ3) is 4.27. The van der Waals surface area contributed by atoms with Crippen molar-refractivity contribution in [3.8, 4) is 11.1 Å². The second kappa shape index (κ2) is 10.0. The third-order valence-electron chi connectivity index (χ3n) is 6.45. The van der Waals surface area contributed by atoms with E-state index in [-0.39, 0.29) is 54.3 Å². The van der Waals surface area contributed by atoms with E-state index >= 15 is 0 Å². The minimum absolute atomic E-state index is 0. The Bertz CT molecular complexity index is 1040. The van der Waals surface area contributed by atoms with Gasteiger partial charge < -0.3 is 20.1 Å². The molecule has 6 nitrogen and oxygen atoms in total. The minimum atomic E-state index is -1.44. The van der Waals surface area contributed by atoms with Gasteiger partial charge in [-0.15, -0.1) is 0 Å². The van der Waals surface area contributed by atoms with Gasteiger partial charge in [0.25, 0.3) is 0 Å². The van der Waals surface area contributed by atoms with Crippen molar-refractivity contribution in [3.63, 3.8) is 0 Å². The van der Waals surface area contributed by atoms with E-state index < -0.39 is 17.3 Å². The molecule has 0 aromatic heterocycles. The number of nitrogens with zero attached hydrogens (tertiary/aromatic N) is 1. The Balaban J connectivity index is 0.00000289. The monoisotopic (exact) mass is 440 g/mol. The van der Waals surface area contributed by atoms with Gasteiger partial charge in [0.1, 0.15) is 0 Å². The summed E-state index contributed by atoms with van der Waals surface area (Å²) in [5, 5.41) is 14.8. The molecule has 7 heteroatoms. The van der Waals surface area contributed by atoms with Gasteiger partial charge in [0, 0.05) is 19.2 Å². The molecule has 2 amide bonds. The molecule has 160 valence electrons. The normalized spacial score (nSPS) is 21.9. The molecule has 2 aromatic rings. The van der Waals surface area contributed by atoms with Crippen molar-refractivity contribution >= 4 is 17.8 Å². The van der Waals surface area contributed by atoms with Gasteiger partial charge in [0.05, 0.1) is 23.8 Å². The van der Waals surface area contributed by atoms with Crippen molar-refractivity contribution in [2.75, 3.05) is 7.05 Å². The van der Waals surface area contributed by atoms with E-state index in [1.807, 2.05) is 60.7 Å². The molecule has 0 saturated carbocycles. The molecule has 0 spiro atoms. The molecular weight excluding hydrogens is 415 g/mol. The van der Waals surface area contributed by atoms with Crippen LogP contribution in [-0.4, -0.2) is 29.7 Å². The van der Waals surface area contributed by atoms with Crippen molar-refractivity contribution in [1.82, 2.24) is 10.2 Å². The van der Waals surface area contributed by atoms with E-state index in [0.717, 1.165) is 16.7 Å². The molecule has 4 rings (SSSR count). The Morgan fingerprint density at radius 1 is 1.09 bits per heavy atom. The first-order chi connectivity index (χ1) is 15.0. The second-order valence-corrected chi connectivity index (χ2v) is 8.16. The standard InChI is InChI=1S/C25H26N2O4.Na/c1-26-22(28)15-20-23(29)27(21-9-5-6-14-25(20,21)24(30)31)16-17-10-12-19(13-11-17)18-7-3-2-4-8-18;/h2-4,7-13,20H,5-6,14-16H2,1H3,(H,26,28)(H,30,31);/q;+1/p-1/t20-,25-;/m1./s1. The first kappa shape index (κ1) is 24.2. The average molecular weight is 440 g/mol. The Labute approximate surface area is 210 Å². The van der Waals surface area contributed by atoms with Crippen molar-refractivity contribution in [2.45, 2.75) is 32.2 Å². The number of rotatable bonds is 6. The number of fused-ring (bicyclic) bond motifs is 1. The van der Waals surface area contributed by atoms with Crippen molar-refractivity contribution in [1.29, 1.82) is 0 Å². The number of nitrogens with one attached hydrogen (secondary N) is 1. The van der Waals surface area contributed by atoms with Crippen LogP contribution >= 0.6 is 0 Å². The van der Waals surface area contributed by atoms with Gasteiger partial charge in [-0.1, -0.05) is 60.7 Å². The fourth-order valence-corrected chi connectivity index (χ4v) is 4.83. The molecule has 0 radical (unpaired) electrons. The van der Waals surface area contributed by atoms with Gasteiger partial charge in [0.2, 0.25) is 11.8 Å². The smallest absolute Gasteiger partial charge is 0.549 e. The molecule has 1 aliphatic heterocycles. The Morgan fingerprint density at radius 3 is 2.38 bits per heavy atom. The molecule has 1 fully saturated rings. The van der Waals surface area contributed by atoms with Gasteiger partial charge in [-0.05, 0) is 36.0 Å². The predicted molar refractivity (Wildman–Crippen MR) is 114 cm³/mol. The summed E-state index contributed by atoms with van der Waals surface area (Å²) in [5.74, 6) is -2.90. The molecule has 1 aliphatic carbocycles. The molecular formula is C25H25N2NaO4. The van der Waals surface area contributed by atoms with Crippen LogP contribution in [0.4, 0.5) is 0 Å². The maximum Gasteiger partial charge on any atom is 1.00 e. The number of carboxylic acid groups (broad SMARTS) is 1. The largest absolute Gasteiger partial charge is 1.00 e. The first-order valence-electron chi connectivity index (χ1n) is 10.6. The van der Waals surface area contributed by atoms with Crippen LogP contribution in [-0.2, 0) is 20.9 Å². The maximum atomic E-state index is 13.3. The fraction of sp³-hybridized carbons (Fsp3) is 0.320. The van der Waals surface area contributed by atoms with Crippen LogP contribution in [0, 0.1) is 11.3 Å². The molecule has 0 unspecified atom stereocenters. The summed E-state index contributed by atoms with van der Waals surface area (Å²) in [4.78, 5) is 39.3. The Kier molecular flexibility index (Phi) is 7.59. The Hall–Kier alpha value is -2.41. The number of hydrogen-bond acceptors (Lipinski definition) is 4. The molecule has 32 heavy (non-hydrogen) atoms. The first-order valence-corrected chi connectivity index (χ1v) is 10.6. The molecule has 0 bridgehead atoms. The number of benzene rings is 2. The third-order valence-corrected chi connectivity index (χ3v) is 6.45. The summed E-state index contributed by atoms with van der Waals surface area (Å²) < 4.78 is 0. The molecule has 2 aromatic carbocycles. The zero-order chi connectivity index (χ0) is 22.0. The van der Waals surface area contributed by atoms with Crippen LogP contribution in [0.25, 0.3) is 11.1 Å². The van der Waals surface area contributed by atoms with E-state index in [2.05, 4.69) is 5.32 Å². The number of hydrogen-bond donors (Lipinski definition) is 1. The summed E-state index contributed by atoms with van der Waals surface area (Å²) >= 11 is 0. The predicted octanol–water partition coefficient (Wildman–Crippen LogP) is -0.744. The topological polar surface area (TPSA) is 89.5 Å². The zero-order valence-electron chi connectivity index (χ0n) is 18.5. The molecule has 2 atom stereocenters. The van der Waals surface area contributed by atoms with Crippen molar-refractivity contribution < 1.29 is 49.0 Å². The molecule has 1 N–H and O–H groups in total. The quantitative estimate of drug-likeness (QED) is 0.599. The second-order valence-electron chi connectivity index (χ2n) is 8.16. The van der Waals surface area contributed by atoms with Gasteiger partial charge >= 0.3 is 29.6 Å². The summed E-state index contributed by atoms with van der Waals surface area (Å²) in [7, 11) is 1.48.